The van der Waals surface area contributed by atoms with E-state index in [9.17, 15) is 0 Å². The highest BCUT2D eigenvalue weighted by molar-refractivity contribution is 6.23. The molecule has 0 atom stereocenters. The number of hydrogen-bond acceptors (Lipinski definition) is 2. The molecule has 0 amide bonds. The molecular formula is C62H39N3. The fraction of sp³-hybridized carbons (Fsp3) is 0. The first-order valence-corrected chi connectivity index (χ1v) is 22.2. The van der Waals surface area contributed by atoms with Gasteiger partial charge in [0.2, 0.25) is 0 Å². The van der Waals surface area contributed by atoms with Gasteiger partial charge in [-0.3, -0.25) is 4.98 Å². The second-order valence-corrected chi connectivity index (χ2v) is 16.9. The third-order valence-electron chi connectivity index (χ3n) is 13.2. The van der Waals surface area contributed by atoms with E-state index in [2.05, 4.69) is 235 Å². The van der Waals surface area contributed by atoms with Gasteiger partial charge in [-0.1, -0.05) is 188 Å². The highest BCUT2D eigenvalue weighted by Gasteiger charge is 2.16. The third-order valence-corrected chi connectivity index (χ3v) is 13.2. The molecule has 0 aliphatic carbocycles. The van der Waals surface area contributed by atoms with Crippen LogP contribution in [0.3, 0.4) is 0 Å². The molecule has 0 saturated heterocycles. The maximum atomic E-state index is 5.26. The van der Waals surface area contributed by atoms with Crippen molar-refractivity contribution in [2.45, 2.75) is 0 Å². The summed E-state index contributed by atoms with van der Waals surface area (Å²) in [6, 6.07) is 83.3. The van der Waals surface area contributed by atoms with Crippen LogP contribution in [-0.2, 0) is 0 Å². The normalized spacial score (nSPS) is 11.7. The Bertz CT molecular complexity index is 3950. The molecule has 13 rings (SSSR count). The molecule has 2 heterocycles. The van der Waals surface area contributed by atoms with Gasteiger partial charge in [0.1, 0.15) is 0 Å². The van der Waals surface area contributed by atoms with Crippen molar-refractivity contribution in [1.82, 2.24) is 14.5 Å². The van der Waals surface area contributed by atoms with E-state index in [1.54, 1.807) is 0 Å². The van der Waals surface area contributed by atoms with Crippen molar-refractivity contribution in [3.05, 3.63) is 237 Å². The predicted octanol–water partition coefficient (Wildman–Crippen LogP) is 16.5. The van der Waals surface area contributed by atoms with Crippen LogP contribution in [0, 0.1) is 0 Å². The molecule has 0 aliphatic heterocycles. The first-order valence-electron chi connectivity index (χ1n) is 22.2. The van der Waals surface area contributed by atoms with E-state index in [0.717, 1.165) is 49.9 Å². The summed E-state index contributed by atoms with van der Waals surface area (Å²) < 4.78 is 2.39. The molecule has 0 N–H and O–H groups in total. The summed E-state index contributed by atoms with van der Waals surface area (Å²) >= 11 is 0. The number of nitrogens with zero attached hydrogens (tertiary/aromatic N) is 3. The molecule has 3 heteroatoms. The van der Waals surface area contributed by atoms with E-state index in [1.165, 1.54) is 76.7 Å². The van der Waals surface area contributed by atoms with Gasteiger partial charge >= 0.3 is 0 Å². The zero-order valence-corrected chi connectivity index (χ0v) is 35.4. The average Bonchev–Trinajstić information content (AvgIpc) is 3.72. The van der Waals surface area contributed by atoms with Crippen molar-refractivity contribution >= 4 is 65.2 Å². The lowest BCUT2D eigenvalue weighted by Gasteiger charge is -2.12. The monoisotopic (exact) mass is 825 g/mol. The van der Waals surface area contributed by atoms with E-state index in [-0.39, 0.29) is 0 Å². The van der Waals surface area contributed by atoms with Crippen molar-refractivity contribution < 1.29 is 0 Å². The number of para-hydroxylation sites is 1. The Morgan fingerprint density at radius 2 is 0.785 bits per heavy atom. The lowest BCUT2D eigenvalue weighted by atomic mass is 9.95. The molecule has 13 aromatic rings. The van der Waals surface area contributed by atoms with E-state index >= 15 is 0 Å². The zero-order valence-electron chi connectivity index (χ0n) is 35.4. The molecule has 0 bridgehead atoms. The van der Waals surface area contributed by atoms with Crippen LogP contribution in [-0.4, -0.2) is 14.5 Å². The van der Waals surface area contributed by atoms with Crippen molar-refractivity contribution in [2.75, 3.05) is 0 Å². The fourth-order valence-corrected chi connectivity index (χ4v) is 10.1. The molecule has 0 radical (unpaired) electrons. The first-order chi connectivity index (χ1) is 32.2. The van der Waals surface area contributed by atoms with Gasteiger partial charge in [-0.25, -0.2) is 4.98 Å². The summed E-state index contributed by atoms with van der Waals surface area (Å²) in [5.41, 5.74) is 16.8. The van der Waals surface area contributed by atoms with Crippen LogP contribution >= 0.6 is 0 Å². The minimum Gasteiger partial charge on any atom is -0.309 e. The van der Waals surface area contributed by atoms with Crippen LogP contribution in [0.5, 0.6) is 0 Å². The summed E-state index contributed by atoms with van der Waals surface area (Å²) in [4.78, 5) is 10.3. The lowest BCUT2D eigenvalue weighted by molar-refractivity contribution is 1.18. The summed E-state index contributed by atoms with van der Waals surface area (Å²) in [5, 5.41) is 9.65. The molecule has 2 aromatic heterocycles. The molecule has 0 unspecified atom stereocenters. The third kappa shape index (κ3) is 6.20. The van der Waals surface area contributed by atoms with Gasteiger partial charge in [-0.05, 0) is 109 Å². The highest BCUT2D eigenvalue weighted by Crippen LogP contribution is 2.38. The van der Waals surface area contributed by atoms with Crippen molar-refractivity contribution in [3.63, 3.8) is 0 Å². The van der Waals surface area contributed by atoms with Crippen LogP contribution in [0.25, 0.3) is 127 Å². The second kappa shape index (κ2) is 15.0. The van der Waals surface area contributed by atoms with Gasteiger partial charge in [0.25, 0.3) is 0 Å². The lowest BCUT2D eigenvalue weighted by Crippen LogP contribution is -1.94. The Morgan fingerprint density at radius 1 is 0.292 bits per heavy atom. The minimum absolute atomic E-state index is 0.862. The first kappa shape index (κ1) is 36.9. The van der Waals surface area contributed by atoms with Gasteiger partial charge in [0, 0.05) is 32.8 Å². The fourth-order valence-electron chi connectivity index (χ4n) is 10.1. The van der Waals surface area contributed by atoms with Crippen LogP contribution in [0.1, 0.15) is 0 Å². The van der Waals surface area contributed by atoms with Crippen LogP contribution < -0.4 is 0 Å². The van der Waals surface area contributed by atoms with Crippen molar-refractivity contribution in [1.29, 1.82) is 0 Å². The summed E-state index contributed by atoms with van der Waals surface area (Å²) in [7, 11) is 0. The van der Waals surface area contributed by atoms with E-state index < -0.39 is 0 Å². The van der Waals surface area contributed by atoms with Gasteiger partial charge < -0.3 is 4.57 Å². The van der Waals surface area contributed by atoms with Crippen molar-refractivity contribution in [2.24, 2.45) is 0 Å². The number of aromatic nitrogens is 3. The number of fused-ring (bicyclic) bond motifs is 10. The molecule has 11 aromatic carbocycles. The van der Waals surface area contributed by atoms with E-state index in [4.69, 9.17) is 9.97 Å². The Balaban J connectivity index is 0.803. The number of benzene rings is 11. The second-order valence-electron chi connectivity index (χ2n) is 16.9. The average molecular weight is 826 g/mol. The minimum atomic E-state index is 0.862. The predicted molar refractivity (Wildman–Crippen MR) is 274 cm³/mol. The zero-order chi connectivity index (χ0) is 42.8. The van der Waals surface area contributed by atoms with Crippen LogP contribution in [0.4, 0.5) is 0 Å². The van der Waals surface area contributed by atoms with Gasteiger partial charge in [-0.15, -0.1) is 0 Å². The van der Waals surface area contributed by atoms with E-state index in [0.29, 0.717) is 0 Å². The molecule has 0 saturated carbocycles. The molecule has 0 aliphatic rings. The highest BCUT2D eigenvalue weighted by atomic mass is 15.0. The number of hydrogen-bond donors (Lipinski definition) is 0. The quantitative estimate of drug-likeness (QED) is 0.156. The standard InChI is InChI=1S/C62H39N3/c1-2-18-50-42(12-1)13-11-24-51(50)43-30-33-49(34-31-43)65-59-25-8-7-21-54(59)57-38-47(32-35-60(57)65)41-28-26-40(27-29-41)44-14-9-15-45(36-44)46-16-10-17-48(37-46)58-39-63-61-55-22-5-3-19-52(55)53-20-4-6-23-56(53)62(61)64-58/h1-39H. The Labute approximate surface area is 376 Å². The van der Waals surface area contributed by atoms with Crippen LogP contribution in [0.15, 0.2) is 237 Å². The van der Waals surface area contributed by atoms with Crippen LogP contribution in [0.2, 0.25) is 0 Å². The van der Waals surface area contributed by atoms with Crippen molar-refractivity contribution in [3.8, 4) is 61.5 Å². The Kier molecular flexibility index (Phi) is 8.53. The smallest absolute Gasteiger partial charge is 0.0979 e. The Hall–Kier alpha value is -8.66. The molecule has 3 nitrogen and oxygen atoms in total. The van der Waals surface area contributed by atoms with E-state index in [1.807, 2.05) is 6.20 Å². The summed E-state index contributed by atoms with van der Waals surface area (Å²) in [5.74, 6) is 0. The van der Waals surface area contributed by atoms with Gasteiger partial charge in [0.15, 0.2) is 0 Å². The van der Waals surface area contributed by atoms with Gasteiger partial charge in [0.05, 0.1) is 34.0 Å². The molecule has 302 valence electrons. The topological polar surface area (TPSA) is 30.7 Å². The maximum Gasteiger partial charge on any atom is 0.0979 e. The van der Waals surface area contributed by atoms with Gasteiger partial charge in [-0.2, -0.15) is 0 Å². The SMILES string of the molecule is c1cc(-c2ccc(-c3ccc4c(c3)c3ccccc3n4-c3ccc(-c4cccc5ccccc45)cc3)cc2)cc(-c2cccc(-c3cnc4c5ccccc5c5ccccc5c4n3)c2)c1. The molecule has 0 fully saturated rings. The largest absolute Gasteiger partial charge is 0.309 e. The summed E-state index contributed by atoms with van der Waals surface area (Å²) in [6.45, 7) is 0. The Morgan fingerprint density at radius 3 is 1.51 bits per heavy atom. The maximum absolute atomic E-state index is 5.26. The molecule has 0 spiro atoms. The molecular weight excluding hydrogens is 787 g/mol. The molecule has 65 heavy (non-hydrogen) atoms. The number of rotatable bonds is 6. The summed E-state index contributed by atoms with van der Waals surface area (Å²) in [6.07, 6.45) is 1.92.